The van der Waals surface area contributed by atoms with Crippen LogP contribution >= 0.6 is 11.6 Å². The maximum absolute atomic E-state index is 12.3. The molecule has 5 heteroatoms. The number of hydrogen-bond acceptors (Lipinski definition) is 3. The summed E-state index contributed by atoms with van der Waals surface area (Å²) in [5.41, 5.74) is 1.08. The molecule has 0 heterocycles. The Labute approximate surface area is 112 Å². The van der Waals surface area contributed by atoms with Gasteiger partial charge in [-0.25, -0.2) is 0 Å². The number of aromatic hydroxyl groups is 1. The van der Waals surface area contributed by atoms with Crippen molar-refractivity contribution < 1.29 is 14.6 Å². The Morgan fingerprint density at radius 2 is 2.17 bits per heavy atom. The van der Waals surface area contributed by atoms with Crippen molar-refractivity contribution in [2.75, 3.05) is 32.7 Å². The topological polar surface area (TPSA) is 49.8 Å². The van der Waals surface area contributed by atoms with Gasteiger partial charge in [0, 0.05) is 37.2 Å². The molecule has 1 aromatic carbocycles. The number of nitrogens with zero attached hydrogens (tertiary/aromatic N) is 1. The Morgan fingerprint density at radius 3 is 2.78 bits per heavy atom. The van der Waals surface area contributed by atoms with Gasteiger partial charge in [-0.2, -0.15) is 0 Å². The van der Waals surface area contributed by atoms with Crippen molar-refractivity contribution in [2.24, 2.45) is 0 Å². The van der Waals surface area contributed by atoms with E-state index in [0.717, 1.165) is 0 Å². The number of carbonyl (C=O) groups is 1. The van der Waals surface area contributed by atoms with Crippen molar-refractivity contribution in [3.05, 3.63) is 29.3 Å². The molecule has 0 atom stereocenters. The van der Waals surface area contributed by atoms with Gasteiger partial charge < -0.3 is 14.7 Å². The molecule has 100 valence electrons. The zero-order valence-electron chi connectivity index (χ0n) is 10.6. The number of halogens is 1. The van der Waals surface area contributed by atoms with Gasteiger partial charge in [0.25, 0.3) is 5.91 Å². The Bertz CT molecular complexity index is 409. The minimum Gasteiger partial charge on any atom is -0.508 e. The Kier molecular flexibility index (Phi) is 5.95. The number of benzene rings is 1. The molecule has 0 aliphatic rings. The molecular formula is C13H18ClNO3. The molecule has 0 fully saturated rings. The van der Waals surface area contributed by atoms with Crippen molar-refractivity contribution in [2.45, 2.75) is 6.92 Å². The number of amides is 1. The fourth-order valence-corrected chi connectivity index (χ4v) is 1.85. The second-order valence-electron chi connectivity index (χ2n) is 3.92. The number of alkyl halides is 1. The molecule has 0 unspecified atom stereocenters. The van der Waals surface area contributed by atoms with Gasteiger partial charge in [-0.3, -0.25) is 4.79 Å². The molecule has 0 aliphatic heterocycles. The van der Waals surface area contributed by atoms with E-state index in [9.17, 15) is 9.90 Å². The van der Waals surface area contributed by atoms with E-state index < -0.39 is 0 Å². The lowest BCUT2D eigenvalue weighted by atomic mass is 10.1. The zero-order valence-corrected chi connectivity index (χ0v) is 11.4. The van der Waals surface area contributed by atoms with E-state index >= 15 is 0 Å². The average molecular weight is 272 g/mol. The zero-order chi connectivity index (χ0) is 13.5. The van der Waals surface area contributed by atoms with Crippen LogP contribution in [-0.4, -0.2) is 48.6 Å². The lowest BCUT2D eigenvalue weighted by molar-refractivity contribution is 0.0706. The van der Waals surface area contributed by atoms with Crippen LogP contribution in [0.15, 0.2) is 18.2 Å². The van der Waals surface area contributed by atoms with Crippen molar-refractivity contribution in [3.63, 3.8) is 0 Å². The molecule has 4 nitrogen and oxygen atoms in total. The van der Waals surface area contributed by atoms with E-state index in [2.05, 4.69) is 0 Å². The van der Waals surface area contributed by atoms with E-state index in [1.54, 1.807) is 37.1 Å². The van der Waals surface area contributed by atoms with Crippen LogP contribution in [0.4, 0.5) is 0 Å². The standard InChI is InChI=1S/C13H18ClNO3/c1-10-11(4-3-5-12(10)16)13(17)15(7-6-14)8-9-18-2/h3-5,16H,6-9H2,1-2H3. The molecule has 1 rings (SSSR count). The van der Waals surface area contributed by atoms with Gasteiger partial charge in [-0.15, -0.1) is 11.6 Å². The first-order chi connectivity index (χ1) is 8.61. The summed E-state index contributed by atoms with van der Waals surface area (Å²) in [6, 6.07) is 4.92. The Hall–Kier alpha value is -1.26. The van der Waals surface area contributed by atoms with E-state index in [0.29, 0.717) is 36.7 Å². The predicted octanol–water partition coefficient (Wildman–Crippen LogP) is 2.03. The van der Waals surface area contributed by atoms with E-state index in [-0.39, 0.29) is 11.7 Å². The number of carbonyl (C=O) groups excluding carboxylic acids is 1. The van der Waals surface area contributed by atoms with Crippen molar-refractivity contribution in [3.8, 4) is 5.75 Å². The van der Waals surface area contributed by atoms with Crippen LogP contribution < -0.4 is 0 Å². The third kappa shape index (κ3) is 3.62. The van der Waals surface area contributed by atoms with Crippen molar-refractivity contribution in [1.82, 2.24) is 4.90 Å². The molecule has 0 saturated carbocycles. The van der Waals surface area contributed by atoms with Gasteiger partial charge in [0.15, 0.2) is 0 Å². The van der Waals surface area contributed by atoms with Crippen molar-refractivity contribution in [1.29, 1.82) is 0 Å². The van der Waals surface area contributed by atoms with Crippen LogP contribution in [0.5, 0.6) is 5.75 Å². The SMILES string of the molecule is COCCN(CCCl)C(=O)c1cccc(O)c1C. The number of hydrogen-bond donors (Lipinski definition) is 1. The minimum atomic E-state index is -0.138. The molecule has 0 bridgehead atoms. The normalized spacial score (nSPS) is 10.4. The lowest BCUT2D eigenvalue weighted by Crippen LogP contribution is -2.35. The molecule has 1 amide bonds. The van der Waals surface area contributed by atoms with E-state index in [1.807, 2.05) is 0 Å². The first-order valence-electron chi connectivity index (χ1n) is 5.74. The van der Waals surface area contributed by atoms with Crippen LogP contribution in [0.1, 0.15) is 15.9 Å². The number of phenolic OH excluding ortho intramolecular Hbond substituents is 1. The summed E-state index contributed by atoms with van der Waals surface area (Å²) in [6.45, 7) is 3.12. The molecule has 0 spiro atoms. The first-order valence-corrected chi connectivity index (χ1v) is 6.28. The molecule has 0 saturated heterocycles. The number of methoxy groups -OCH3 is 1. The fraction of sp³-hybridized carbons (Fsp3) is 0.462. The highest BCUT2D eigenvalue weighted by Gasteiger charge is 2.18. The van der Waals surface area contributed by atoms with E-state index in [4.69, 9.17) is 16.3 Å². The Morgan fingerprint density at radius 1 is 1.44 bits per heavy atom. The van der Waals surface area contributed by atoms with Gasteiger partial charge >= 0.3 is 0 Å². The number of ether oxygens (including phenoxy) is 1. The van der Waals surface area contributed by atoms with Gasteiger partial charge in [0.2, 0.25) is 0 Å². The molecule has 1 N–H and O–H groups in total. The third-order valence-corrected chi connectivity index (χ3v) is 2.91. The summed E-state index contributed by atoms with van der Waals surface area (Å²) in [4.78, 5) is 13.9. The molecule has 1 aromatic rings. The molecule has 18 heavy (non-hydrogen) atoms. The quantitative estimate of drug-likeness (QED) is 0.806. The average Bonchev–Trinajstić information content (AvgIpc) is 2.37. The summed E-state index contributed by atoms with van der Waals surface area (Å²) in [5.74, 6) is 0.354. The molecule has 0 aliphatic carbocycles. The summed E-state index contributed by atoms with van der Waals surface area (Å²) >= 11 is 5.69. The molecule has 0 radical (unpaired) electrons. The maximum atomic E-state index is 12.3. The molecular weight excluding hydrogens is 254 g/mol. The minimum absolute atomic E-state index is 0.124. The third-order valence-electron chi connectivity index (χ3n) is 2.74. The van der Waals surface area contributed by atoms with E-state index in [1.165, 1.54) is 0 Å². The second-order valence-corrected chi connectivity index (χ2v) is 4.30. The highest BCUT2D eigenvalue weighted by Crippen LogP contribution is 2.20. The summed E-state index contributed by atoms with van der Waals surface area (Å²) in [6.07, 6.45) is 0. The predicted molar refractivity (Wildman–Crippen MR) is 71.3 cm³/mol. The summed E-state index contributed by atoms with van der Waals surface area (Å²) in [7, 11) is 1.59. The monoisotopic (exact) mass is 271 g/mol. The lowest BCUT2D eigenvalue weighted by Gasteiger charge is -2.22. The van der Waals surface area contributed by atoms with Crippen molar-refractivity contribution >= 4 is 17.5 Å². The maximum Gasteiger partial charge on any atom is 0.254 e. The van der Waals surface area contributed by atoms with Crippen LogP contribution in [-0.2, 0) is 4.74 Å². The largest absolute Gasteiger partial charge is 0.508 e. The van der Waals surface area contributed by atoms with Gasteiger partial charge in [-0.05, 0) is 19.1 Å². The van der Waals surface area contributed by atoms with Gasteiger partial charge in [0.1, 0.15) is 5.75 Å². The smallest absolute Gasteiger partial charge is 0.254 e. The van der Waals surface area contributed by atoms with Crippen LogP contribution in [0, 0.1) is 6.92 Å². The second kappa shape index (κ2) is 7.24. The number of phenols is 1. The fourth-order valence-electron chi connectivity index (χ4n) is 1.64. The van der Waals surface area contributed by atoms with Gasteiger partial charge in [-0.1, -0.05) is 6.07 Å². The van der Waals surface area contributed by atoms with Gasteiger partial charge in [0.05, 0.1) is 6.61 Å². The highest BCUT2D eigenvalue weighted by molar-refractivity contribution is 6.18. The number of rotatable bonds is 6. The molecule has 0 aromatic heterocycles. The van der Waals surface area contributed by atoms with Crippen LogP contribution in [0.2, 0.25) is 0 Å². The summed E-state index contributed by atoms with van der Waals surface area (Å²) < 4.78 is 4.97. The first kappa shape index (κ1) is 14.8. The Balaban J connectivity index is 2.90. The van der Waals surface area contributed by atoms with Crippen LogP contribution in [0.25, 0.3) is 0 Å². The summed E-state index contributed by atoms with van der Waals surface area (Å²) in [5, 5.41) is 9.62. The highest BCUT2D eigenvalue weighted by atomic mass is 35.5. The van der Waals surface area contributed by atoms with Crippen LogP contribution in [0.3, 0.4) is 0 Å².